The maximum absolute atomic E-state index is 11.8. The van der Waals surface area contributed by atoms with Crippen molar-refractivity contribution < 1.29 is 19.1 Å². The second-order valence-electron chi connectivity index (χ2n) is 4.94. The number of carbonyl (C=O) groups is 2. The van der Waals surface area contributed by atoms with E-state index in [1.165, 1.54) is 11.8 Å². The highest BCUT2D eigenvalue weighted by molar-refractivity contribution is 6.14. The molecule has 0 atom stereocenters. The lowest BCUT2D eigenvalue weighted by atomic mass is 10.1. The highest BCUT2D eigenvalue weighted by atomic mass is 16.6. The van der Waals surface area contributed by atoms with Crippen molar-refractivity contribution in [3.8, 4) is 0 Å². The van der Waals surface area contributed by atoms with E-state index < -0.39 is 11.9 Å². The molecule has 0 aliphatic heterocycles. The molecule has 0 radical (unpaired) electrons. The normalized spacial score (nSPS) is 9.87. The maximum atomic E-state index is 11.8. The van der Waals surface area contributed by atoms with Gasteiger partial charge in [-0.2, -0.15) is 0 Å². The van der Waals surface area contributed by atoms with E-state index >= 15 is 0 Å². The van der Waals surface area contributed by atoms with E-state index in [1.54, 1.807) is 13.8 Å². The van der Waals surface area contributed by atoms with Gasteiger partial charge >= 0.3 is 11.9 Å². The van der Waals surface area contributed by atoms with Gasteiger partial charge < -0.3 is 14.8 Å². The number of rotatable bonds is 9. The summed E-state index contributed by atoms with van der Waals surface area (Å²) in [6, 6.07) is 7.88. The van der Waals surface area contributed by atoms with Gasteiger partial charge in [-0.1, -0.05) is 25.5 Å². The maximum Gasteiger partial charge on any atom is 0.347 e. The summed E-state index contributed by atoms with van der Waals surface area (Å²) < 4.78 is 9.75. The number of hydrogen-bond acceptors (Lipinski definition) is 5. The molecule has 0 aliphatic carbocycles. The van der Waals surface area contributed by atoms with Crippen LogP contribution in [0, 0.1) is 0 Å². The highest BCUT2D eigenvalue weighted by Crippen LogP contribution is 2.13. The van der Waals surface area contributed by atoms with Crippen molar-refractivity contribution >= 4 is 17.6 Å². The number of unbranched alkanes of at least 4 members (excludes halogenated alkanes) is 1. The van der Waals surface area contributed by atoms with Crippen molar-refractivity contribution in [2.45, 2.75) is 40.0 Å². The molecule has 5 nitrogen and oxygen atoms in total. The third-order valence-electron chi connectivity index (χ3n) is 3.15. The predicted octanol–water partition coefficient (Wildman–Crippen LogP) is 3.45. The van der Waals surface area contributed by atoms with Crippen LogP contribution in [0.3, 0.4) is 0 Å². The lowest BCUT2D eigenvalue weighted by Crippen LogP contribution is -2.19. The first kappa shape index (κ1) is 18.7. The molecule has 1 rings (SSSR count). The lowest BCUT2D eigenvalue weighted by molar-refractivity contribution is -0.146. The van der Waals surface area contributed by atoms with Gasteiger partial charge in [0.05, 0.1) is 13.2 Å². The molecule has 0 unspecified atom stereocenters. The molecule has 1 aromatic carbocycles. The topological polar surface area (TPSA) is 64.6 Å². The Morgan fingerprint density at radius 1 is 1.00 bits per heavy atom. The number of nitrogens with one attached hydrogen (secondary N) is 1. The van der Waals surface area contributed by atoms with Crippen LogP contribution < -0.4 is 5.32 Å². The number of benzene rings is 1. The Morgan fingerprint density at radius 3 is 2.04 bits per heavy atom. The van der Waals surface area contributed by atoms with E-state index in [0.717, 1.165) is 24.9 Å². The zero-order valence-electron chi connectivity index (χ0n) is 14.1. The molecule has 1 aromatic rings. The molecule has 126 valence electrons. The van der Waals surface area contributed by atoms with Crippen LogP contribution in [0.1, 0.15) is 39.2 Å². The minimum Gasteiger partial charge on any atom is -0.462 e. The molecular weight excluding hydrogens is 294 g/mol. The minimum absolute atomic E-state index is 0.149. The van der Waals surface area contributed by atoms with Crippen molar-refractivity contribution in [3.05, 3.63) is 41.6 Å². The Hall–Kier alpha value is -2.30. The SMILES string of the molecule is CCCCc1ccc(NC=C(C(=O)OCC)C(=O)OCC)cc1. The zero-order chi connectivity index (χ0) is 17.1. The zero-order valence-corrected chi connectivity index (χ0v) is 14.1. The average molecular weight is 319 g/mol. The van der Waals surface area contributed by atoms with E-state index in [9.17, 15) is 9.59 Å². The third-order valence-corrected chi connectivity index (χ3v) is 3.15. The third kappa shape index (κ3) is 6.55. The molecule has 0 bridgehead atoms. The van der Waals surface area contributed by atoms with Crippen molar-refractivity contribution in [3.63, 3.8) is 0 Å². The van der Waals surface area contributed by atoms with E-state index in [4.69, 9.17) is 9.47 Å². The van der Waals surface area contributed by atoms with Crippen LogP contribution in [-0.2, 0) is 25.5 Å². The van der Waals surface area contributed by atoms with Gasteiger partial charge in [0.1, 0.15) is 0 Å². The van der Waals surface area contributed by atoms with Crippen LogP contribution in [0.5, 0.6) is 0 Å². The molecule has 0 saturated carbocycles. The second-order valence-corrected chi connectivity index (χ2v) is 4.94. The summed E-state index contributed by atoms with van der Waals surface area (Å²) in [6.07, 6.45) is 4.69. The van der Waals surface area contributed by atoms with Crippen molar-refractivity contribution in [1.82, 2.24) is 0 Å². The summed E-state index contributed by atoms with van der Waals surface area (Å²) in [6.45, 7) is 5.92. The summed E-state index contributed by atoms with van der Waals surface area (Å²) in [5, 5.41) is 2.94. The van der Waals surface area contributed by atoms with Gasteiger partial charge in [0, 0.05) is 11.9 Å². The number of ether oxygens (including phenoxy) is 2. The van der Waals surface area contributed by atoms with Crippen molar-refractivity contribution in [1.29, 1.82) is 0 Å². The monoisotopic (exact) mass is 319 g/mol. The summed E-state index contributed by atoms with van der Waals surface area (Å²) in [4.78, 5) is 23.6. The van der Waals surface area contributed by atoms with Crippen LogP contribution in [0.15, 0.2) is 36.0 Å². The second kappa shape index (κ2) is 10.4. The van der Waals surface area contributed by atoms with Gasteiger partial charge in [0.15, 0.2) is 5.57 Å². The first-order chi connectivity index (χ1) is 11.1. The standard InChI is InChI=1S/C18H25NO4/c1-4-7-8-14-9-11-15(12-10-14)19-13-16(17(20)22-5-2)18(21)23-6-3/h9-13,19H,4-8H2,1-3H3. The fraction of sp³-hybridized carbons (Fsp3) is 0.444. The van der Waals surface area contributed by atoms with Crippen LogP contribution in [0.25, 0.3) is 0 Å². The van der Waals surface area contributed by atoms with Gasteiger partial charge in [-0.3, -0.25) is 0 Å². The number of esters is 2. The molecule has 23 heavy (non-hydrogen) atoms. The Labute approximate surface area is 137 Å². The van der Waals surface area contributed by atoms with E-state index in [1.807, 2.05) is 24.3 Å². The van der Waals surface area contributed by atoms with Gasteiger partial charge in [-0.05, 0) is 44.4 Å². The summed E-state index contributed by atoms with van der Waals surface area (Å²) >= 11 is 0. The van der Waals surface area contributed by atoms with Crippen molar-refractivity contribution in [2.24, 2.45) is 0 Å². The largest absolute Gasteiger partial charge is 0.462 e. The Bertz CT molecular complexity index is 514. The van der Waals surface area contributed by atoms with Crippen LogP contribution in [0.4, 0.5) is 5.69 Å². The molecule has 0 aliphatic rings. The van der Waals surface area contributed by atoms with Crippen molar-refractivity contribution in [2.75, 3.05) is 18.5 Å². The Morgan fingerprint density at radius 2 is 1.57 bits per heavy atom. The molecule has 5 heteroatoms. The first-order valence-corrected chi connectivity index (χ1v) is 8.02. The molecule has 0 heterocycles. The Kier molecular flexibility index (Phi) is 8.50. The van der Waals surface area contributed by atoms with Gasteiger partial charge in [0.25, 0.3) is 0 Å². The lowest BCUT2D eigenvalue weighted by Gasteiger charge is -2.08. The number of carbonyl (C=O) groups excluding carboxylic acids is 2. The van der Waals surface area contributed by atoms with Gasteiger partial charge in [-0.15, -0.1) is 0 Å². The fourth-order valence-electron chi connectivity index (χ4n) is 1.92. The quantitative estimate of drug-likeness (QED) is 0.327. The number of aryl methyl sites for hydroxylation is 1. The van der Waals surface area contributed by atoms with Crippen LogP contribution >= 0.6 is 0 Å². The summed E-state index contributed by atoms with van der Waals surface area (Å²) in [5.41, 5.74) is 1.90. The summed E-state index contributed by atoms with van der Waals surface area (Å²) in [5.74, 6) is -1.39. The molecule has 0 aromatic heterocycles. The molecule has 0 amide bonds. The first-order valence-electron chi connectivity index (χ1n) is 8.02. The molecular formula is C18H25NO4. The number of hydrogen-bond donors (Lipinski definition) is 1. The van der Waals surface area contributed by atoms with Crippen LogP contribution in [-0.4, -0.2) is 25.2 Å². The molecule has 0 spiro atoms. The van der Waals surface area contributed by atoms with Gasteiger partial charge in [0.2, 0.25) is 0 Å². The molecule has 0 fully saturated rings. The predicted molar refractivity (Wildman–Crippen MR) is 90.0 cm³/mol. The van der Waals surface area contributed by atoms with E-state index in [2.05, 4.69) is 12.2 Å². The fourth-order valence-corrected chi connectivity index (χ4v) is 1.92. The minimum atomic E-state index is -0.696. The molecule has 1 N–H and O–H groups in total. The summed E-state index contributed by atoms with van der Waals surface area (Å²) in [7, 11) is 0. The number of anilines is 1. The molecule has 0 saturated heterocycles. The van der Waals surface area contributed by atoms with E-state index in [0.29, 0.717) is 0 Å². The van der Waals surface area contributed by atoms with Gasteiger partial charge in [-0.25, -0.2) is 9.59 Å². The van der Waals surface area contributed by atoms with E-state index in [-0.39, 0.29) is 18.8 Å². The smallest absolute Gasteiger partial charge is 0.347 e. The highest BCUT2D eigenvalue weighted by Gasteiger charge is 2.20. The average Bonchev–Trinajstić information content (AvgIpc) is 2.55. The van der Waals surface area contributed by atoms with Crippen LogP contribution in [0.2, 0.25) is 0 Å². The Balaban J connectivity index is 2.78.